The van der Waals surface area contributed by atoms with E-state index in [9.17, 15) is 14.4 Å². The number of halogens is 1. The van der Waals surface area contributed by atoms with Crippen molar-refractivity contribution < 1.29 is 23.9 Å². The zero-order valence-electron chi connectivity index (χ0n) is 18.6. The van der Waals surface area contributed by atoms with Gasteiger partial charge in [-0.25, -0.2) is 4.79 Å². The standard InChI is InChI=1S/C23H29ClN2O5/c1-6-31-23(29)20-14(2)19(15(3)25-20)21(27)16(4)26(12-7-13-30-5)22(28)17-8-10-18(24)11-9-17/h8-11,16,25H,6-7,12-13H2,1-5H3/t16-/m0/s1. The maximum absolute atomic E-state index is 13.4. The van der Waals surface area contributed by atoms with Gasteiger partial charge in [-0.3, -0.25) is 9.59 Å². The van der Waals surface area contributed by atoms with Crippen LogP contribution in [0.4, 0.5) is 0 Å². The van der Waals surface area contributed by atoms with E-state index in [2.05, 4.69) is 4.98 Å². The quantitative estimate of drug-likeness (QED) is 0.334. The number of carbonyl (C=O) groups is 3. The minimum absolute atomic E-state index is 0.235. The molecular formula is C23H29ClN2O5. The maximum Gasteiger partial charge on any atom is 0.355 e. The Kier molecular flexibility index (Phi) is 8.83. The minimum atomic E-state index is -0.747. The van der Waals surface area contributed by atoms with E-state index >= 15 is 0 Å². The summed E-state index contributed by atoms with van der Waals surface area (Å²) >= 11 is 5.94. The van der Waals surface area contributed by atoms with Crippen molar-refractivity contribution in [3.05, 3.63) is 57.4 Å². The van der Waals surface area contributed by atoms with Crippen LogP contribution in [0.2, 0.25) is 5.02 Å². The summed E-state index contributed by atoms with van der Waals surface area (Å²) in [6.45, 7) is 7.88. The molecule has 1 aromatic heterocycles. The van der Waals surface area contributed by atoms with Crippen molar-refractivity contribution in [3.63, 3.8) is 0 Å². The molecule has 0 unspecified atom stereocenters. The van der Waals surface area contributed by atoms with Crippen molar-refractivity contribution in [2.75, 3.05) is 26.9 Å². The van der Waals surface area contributed by atoms with Crippen LogP contribution in [0.3, 0.4) is 0 Å². The summed E-state index contributed by atoms with van der Waals surface area (Å²) in [6.07, 6.45) is 0.576. The molecule has 0 bridgehead atoms. The van der Waals surface area contributed by atoms with Gasteiger partial charge in [-0.2, -0.15) is 0 Å². The number of hydrogen-bond donors (Lipinski definition) is 1. The molecule has 2 aromatic rings. The molecule has 0 fully saturated rings. The van der Waals surface area contributed by atoms with Crippen LogP contribution < -0.4 is 0 Å². The average Bonchev–Trinajstić information content (AvgIpc) is 3.04. The van der Waals surface area contributed by atoms with E-state index in [-0.39, 0.29) is 24.0 Å². The summed E-state index contributed by atoms with van der Waals surface area (Å²) in [7, 11) is 1.59. The number of esters is 1. The summed E-state index contributed by atoms with van der Waals surface area (Å²) in [6, 6.07) is 5.80. The second kappa shape index (κ2) is 11.1. The van der Waals surface area contributed by atoms with Gasteiger partial charge in [0, 0.05) is 42.1 Å². The Labute approximate surface area is 187 Å². The summed E-state index contributed by atoms with van der Waals surface area (Å²) in [5.41, 5.74) is 2.18. The number of nitrogens with zero attached hydrogens (tertiary/aromatic N) is 1. The van der Waals surface area contributed by atoms with Crippen molar-refractivity contribution in [2.45, 2.75) is 40.2 Å². The fourth-order valence-corrected chi connectivity index (χ4v) is 3.61. The fraction of sp³-hybridized carbons (Fsp3) is 0.435. The molecule has 0 radical (unpaired) electrons. The molecule has 168 valence electrons. The van der Waals surface area contributed by atoms with Crippen LogP contribution in [0, 0.1) is 13.8 Å². The second-order valence-electron chi connectivity index (χ2n) is 7.24. The Morgan fingerprint density at radius 1 is 1.16 bits per heavy atom. The van der Waals surface area contributed by atoms with Crippen LogP contribution in [0.5, 0.6) is 0 Å². The third kappa shape index (κ3) is 5.74. The summed E-state index contributed by atoms with van der Waals surface area (Å²) in [5.74, 6) is -1.03. The number of H-pyrrole nitrogens is 1. The van der Waals surface area contributed by atoms with Crippen LogP contribution in [-0.2, 0) is 9.47 Å². The van der Waals surface area contributed by atoms with Gasteiger partial charge >= 0.3 is 5.97 Å². The van der Waals surface area contributed by atoms with Gasteiger partial charge in [0.2, 0.25) is 0 Å². The Balaban J connectivity index is 2.36. The summed E-state index contributed by atoms with van der Waals surface area (Å²) in [4.78, 5) is 43.3. The molecule has 2 rings (SSSR count). The lowest BCUT2D eigenvalue weighted by atomic mass is 9.99. The molecule has 1 aromatic carbocycles. The number of aromatic amines is 1. The third-order valence-corrected chi connectivity index (χ3v) is 5.36. The first-order valence-corrected chi connectivity index (χ1v) is 10.6. The van der Waals surface area contributed by atoms with Crippen molar-refractivity contribution in [2.24, 2.45) is 0 Å². The van der Waals surface area contributed by atoms with Crippen molar-refractivity contribution in [1.82, 2.24) is 9.88 Å². The SMILES string of the molecule is CCOC(=O)c1[nH]c(C)c(C(=O)[C@H](C)N(CCCOC)C(=O)c2ccc(Cl)cc2)c1C. The lowest BCUT2D eigenvalue weighted by Gasteiger charge is -2.29. The number of ether oxygens (including phenoxy) is 2. The van der Waals surface area contributed by atoms with E-state index in [1.165, 1.54) is 4.90 Å². The highest BCUT2D eigenvalue weighted by Gasteiger charge is 2.31. The van der Waals surface area contributed by atoms with Crippen LogP contribution in [0.25, 0.3) is 0 Å². The zero-order valence-corrected chi connectivity index (χ0v) is 19.3. The normalized spacial score (nSPS) is 11.8. The van der Waals surface area contributed by atoms with Gasteiger partial charge in [-0.05, 0) is 63.9 Å². The summed E-state index contributed by atoms with van der Waals surface area (Å²) in [5, 5.41) is 0.525. The number of rotatable bonds is 10. The smallest absolute Gasteiger partial charge is 0.355 e. The molecule has 0 spiro atoms. The highest BCUT2D eigenvalue weighted by Crippen LogP contribution is 2.23. The van der Waals surface area contributed by atoms with Gasteiger partial charge in [-0.1, -0.05) is 11.6 Å². The Morgan fingerprint density at radius 2 is 1.81 bits per heavy atom. The van der Waals surface area contributed by atoms with Crippen LogP contribution >= 0.6 is 11.6 Å². The molecule has 0 aliphatic rings. The number of carbonyl (C=O) groups excluding carboxylic acids is 3. The van der Waals surface area contributed by atoms with Crippen LogP contribution in [0.15, 0.2) is 24.3 Å². The van der Waals surface area contributed by atoms with Crippen LogP contribution in [0.1, 0.15) is 62.7 Å². The van der Waals surface area contributed by atoms with E-state index in [0.29, 0.717) is 47.0 Å². The van der Waals surface area contributed by atoms with Gasteiger partial charge in [0.05, 0.1) is 12.6 Å². The number of Topliss-reactive ketones (excluding diaryl/α,β-unsaturated/α-hetero) is 1. The Hall–Kier alpha value is -2.64. The molecule has 31 heavy (non-hydrogen) atoms. The second-order valence-corrected chi connectivity index (χ2v) is 7.67. The Bertz CT molecular complexity index is 936. The molecule has 0 aliphatic carbocycles. The first kappa shape index (κ1) is 24.6. The van der Waals surface area contributed by atoms with Crippen molar-refractivity contribution in [3.8, 4) is 0 Å². The number of hydrogen-bond acceptors (Lipinski definition) is 5. The zero-order chi connectivity index (χ0) is 23.1. The molecule has 1 heterocycles. The molecule has 1 N–H and O–H groups in total. The van der Waals surface area contributed by atoms with Gasteiger partial charge in [0.1, 0.15) is 5.69 Å². The predicted molar refractivity (Wildman–Crippen MR) is 119 cm³/mol. The molecular weight excluding hydrogens is 420 g/mol. The van der Waals surface area contributed by atoms with Gasteiger partial charge in [0.15, 0.2) is 5.78 Å². The molecule has 8 heteroatoms. The van der Waals surface area contributed by atoms with Gasteiger partial charge in [-0.15, -0.1) is 0 Å². The topological polar surface area (TPSA) is 88.7 Å². The Morgan fingerprint density at radius 3 is 2.39 bits per heavy atom. The van der Waals surface area contributed by atoms with E-state index in [1.807, 2.05) is 0 Å². The van der Waals surface area contributed by atoms with E-state index in [1.54, 1.807) is 59.1 Å². The molecule has 0 saturated carbocycles. The minimum Gasteiger partial charge on any atom is -0.461 e. The highest BCUT2D eigenvalue weighted by atomic mass is 35.5. The third-order valence-electron chi connectivity index (χ3n) is 5.11. The number of aromatic nitrogens is 1. The molecule has 0 aliphatic heterocycles. The molecule has 7 nitrogen and oxygen atoms in total. The lowest BCUT2D eigenvalue weighted by molar-refractivity contribution is 0.0518. The largest absolute Gasteiger partial charge is 0.461 e. The van der Waals surface area contributed by atoms with Crippen molar-refractivity contribution >= 4 is 29.3 Å². The number of amides is 1. The number of aryl methyl sites for hydroxylation is 1. The molecule has 1 atom stereocenters. The average molecular weight is 449 g/mol. The van der Waals surface area contributed by atoms with Gasteiger partial charge in [0.25, 0.3) is 5.91 Å². The number of benzene rings is 1. The monoisotopic (exact) mass is 448 g/mol. The van der Waals surface area contributed by atoms with Crippen molar-refractivity contribution in [1.29, 1.82) is 0 Å². The van der Waals surface area contributed by atoms with E-state index < -0.39 is 12.0 Å². The predicted octanol–water partition coefficient (Wildman–Crippen LogP) is 4.21. The molecule has 1 amide bonds. The van der Waals surface area contributed by atoms with Gasteiger partial charge < -0.3 is 19.4 Å². The summed E-state index contributed by atoms with van der Waals surface area (Å²) < 4.78 is 10.2. The fourth-order valence-electron chi connectivity index (χ4n) is 3.49. The van der Waals surface area contributed by atoms with E-state index in [4.69, 9.17) is 21.1 Å². The highest BCUT2D eigenvalue weighted by molar-refractivity contribution is 6.30. The van der Waals surface area contributed by atoms with Crippen LogP contribution in [-0.4, -0.2) is 60.5 Å². The van der Waals surface area contributed by atoms with E-state index in [0.717, 1.165) is 0 Å². The number of nitrogens with one attached hydrogen (secondary N) is 1. The molecule has 0 saturated heterocycles. The first-order chi connectivity index (χ1) is 14.7. The number of ketones is 1. The number of methoxy groups -OCH3 is 1. The first-order valence-electron chi connectivity index (χ1n) is 10.2. The maximum atomic E-state index is 13.4. The lowest BCUT2D eigenvalue weighted by Crippen LogP contribution is -2.44.